The molecule has 2 atom stereocenters. The van der Waals surface area contributed by atoms with Gasteiger partial charge in [0.15, 0.2) is 0 Å². The first kappa shape index (κ1) is 14.6. The molecular formula is C17H27BrN2. The van der Waals surface area contributed by atoms with E-state index in [4.69, 9.17) is 5.10 Å². The Hall–Kier alpha value is -0.310. The summed E-state index contributed by atoms with van der Waals surface area (Å²) in [6, 6.07) is 2.94. The fraction of sp³-hybridized carbons (Fsp3) is 0.824. The lowest BCUT2D eigenvalue weighted by Gasteiger charge is -2.22. The molecule has 3 rings (SSSR count). The molecule has 0 N–H and O–H groups in total. The van der Waals surface area contributed by atoms with E-state index in [1.807, 2.05) is 0 Å². The summed E-state index contributed by atoms with van der Waals surface area (Å²) in [5.74, 6) is 0.784. The normalized spacial score (nSPS) is 29.2. The van der Waals surface area contributed by atoms with Gasteiger partial charge < -0.3 is 0 Å². The van der Waals surface area contributed by atoms with Crippen molar-refractivity contribution in [2.45, 2.75) is 81.5 Å². The van der Waals surface area contributed by atoms with Crippen LogP contribution in [0.15, 0.2) is 12.3 Å². The van der Waals surface area contributed by atoms with Crippen molar-refractivity contribution in [1.29, 1.82) is 0 Å². The standard InChI is InChI=1S/C17H27BrN2/c18-17-10-6-1-3-7-14(17)13-15-11-12-20(19-15)16-8-4-2-5-9-16/h11-12,14,16-17H,1-10,13H2. The van der Waals surface area contributed by atoms with E-state index in [0.29, 0.717) is 10.9 Å². The van der Waals surface area contributed by atoms with E-state index in [9.17, 15) is 0 Å². The lowest BCUT2D eigenvalue weighted by atomic mass is 9.95. The molecule has 0 aromatic carbocycles. The number of hydrogen-bond acceptors (Lipinski definition) is 1. The quantitative estimate of drug-likeness (QED) is 0.541. The summed E-state index contributed by atoms with van der Waals surface area (Å²) in [6.45, 7) is 0. The van der Waals surface area contributed by atoms with E-state index < -0.39 is 0 Å². The van der Waals surface area contributed by atoms with E-state index in [-0.39, 0.29) is 0 Å². The van der Waals surface area contributed by atoms with Gasteiger partial charge in [-0.3, -0.25) is 4.68 Å². The third-order valence-corrected chi connectivity index (χ3v) is 6.36. The molecule has 2 unspecified atom stereocenters. The minimum absolute atomic E-state index is 0.673. The van der Waals surface area contributed by atoms with Crippen molar-refractivity contribution in [3.8, 4) is 0 Å². The van der Waals surface area contributed by atoms with Gasteiger partial charge in [-0.05, 0) is 44.1 Å². The molecule has 0 amide bonds. The van der Waals surface area contributed by atoms with Crippen LogP contribution in [-0.2, 0) is 6.42 Å². The smallest absolute Gasteiger partial charge is 0.0627 e. The largest absolute Gasteiger partial charge is 0.269 e. The van der Waals surface area contributed by atoms with Gasteiger partial charge in [-0.1, -0.05) is 54.5 Å². The van der Waals surface area contributed by atoms with Crippen molar-refractivity contribution < 1.29 is 0 Å². The Morgan fingerprint density at radius 1 is 1.00 bits per heavy atom. The third kappa shape index (κ3) is 3.66. The Labute approximate surface area is 131 Å². The van der Waals surface area contributed by atoms with E-state index in [1.165, 1.54) is 69.9 Å². The maximum atomic E-state index is 4.89. The number of alkyl halides is 1. The maximum absolute atomic E-state index is 4.89. The van der Waals surface area contributed by atoms with Gasteiger partial charge in [-0.15, -0.1) is 0 Å². The Bertz CT molecular complexity index is 409. The molecular weight excluding hydrogens is 312 g/mol. The first-order valence-electron chi connectivity index (χ1n) is 8.51. The minimum atomic E-state index is 0.673. The molecule has 2 aliphatic carbocycles. The second-order valence-electron chi connectivity index (χ2n) is 6.70. The van der Waals surface area contributed by atoms with Crippen LogP contribution in [0.1, 0.15) is 75.9 Å². The summed E-state index contributed by atoms with van der Waals surface area (Å²) in [5, 5.41) is 4.89. The van der Waals surface area contributed by atoms with Gasteiger partial charge in [0.1, 0.15) is 0 Å². The Morgan fingerprint density at radius 2 is 1.70 bits per heavy atom. The fourth-order valence-corrected chi connectivity index (χ4v) is 4.65. The second kappa shape index (κ2) is 7.11. The monoisotopic (exact) mass is 338 g/mol. The molecule has 0 saturated heterocycles. The highest BCUT2D eigenvalue weighted by Gasteiger charge is 2.23. The van der Waals surface area contributed by atoms with Crippen molar-refractivity contribution in [2.24, 2.45) is 5.92 Å². The molecule has 1 heterocycles. The van der Waals surface area contributed by atoms with Gasteiger partial charge >= 0.3 is 0 Å². The summed E-state index contributed by atoms with van der Waals surface area (Å²) in [5.41, 5.74) is 1.31. The zero-order valence-electron chi connectivity index (χ0n) is 12.4. The Kier molecular flexibility index (Phi) is 5.19. The van der Waals surface area contributed by atoms with Gasteiger partial charge in [0, 0.05) is 11.0 Å². The van der Waals surface area contributed by atoms with Crippen LogP contribution in [0.5, 0.6) is 0 Å². The van der Waals surface area contributed by atoms with Crippen molar-refractivity contribution in [3.05, 3.63) is 18.0 Å². The van der Waals surface area contributed by atoms with Crippen molar-refractivity contribution in [3.63, 3.8) is 0 Å². The summed E-state index contributed by atoms with van der Waals surface area (Å²) in [4.78, 5) is 0.699. The minimum Gasteiger partial charge on any atom is -0.269 e. The van der Waals surface area contributed by atoms with E-state index in [1.54, 1.807) is 0 Å². The molecule has 0 aliphatic heterocycles. The van der Waals surface area contributed by atoms with Crippen LogP contribution in [0.25, 0.3) is 0 Å². The van der Waals surface area contributed by atoms with Gasteiger partial charge in [0.05, 0.1) is 11.7 Å². The lowest BCUT2D eigenvalue weighted by molar-refractivity contribution is 0.327. The van der Waals surface area contributed by atoms with Crippen LogP contribution in [0.4, 0.5) is 0 Å². The predicted octanol–water partition coefficient (Wildman–Crippen LogP) is 5.27. The van der Waals surface area contributed by atoms with Crippen molar-refractivity contribution >= 4 is 15.9 Å². The molecule has 2 fully saturated rings. The van der Waals surface area contributed by atoms with Gasteiger partial charge in [-0.2, -0.15) is 5.10 Å². The molecule has 0 bridgehead atoms. The van der Waals surface area contributed by atoms with E-state index >= 15 is 0 Å². The van der Waals surface area contributed by atoms with Crippen LogP contribution >= 0.6 is 15.9 Å². The molecule has 1 aromatic rings. The zero-order valence-corrected chi connectivity index (χ0v) is 14.0. The maximum Gasteiger partial charge on any atom is 0.0627 e. The summed E-state index contributed by atoms with van der Waals surface area (Å²) in [7, 11) is 0. The Morgan fingerprint density at radius 3 is 2.50 bits per heavy atom. The SMILES string of the molecule is BrC1CCCCCC1Cc1ccn(C2CCCCC2)n1. The zero-order chi connectivity index (χ0) is 13.8. The number of aromatic nitrogens is 2. The van der Waals surface area contributed by atoms with Crippen LogP contribution in [0, 0.1) is 5.92 Å². The second-order valence-corrected chi connectivity index (χ2v) is 7.87. The van der Waals surface area contributed by atoms with Crippen molar-refractivity contribution in [1.82, 2.24) is 9.78 Å². The number of halogens is 1. The van der Waals surface area contributed by atoms with Crippen LogP contribution < -0.4 is 0 Å². The topological polar surface area (TPSA) is 17.8 Å². The van der Waals surface area contributed by atoms with Gasteiger partial charge in [0.2, 0.25) is 0 Å². The van der Waals surface area contributed by atoms with Crippen LogP contribution in [-0.4, -0.2) is 14.6 Å². The molecule has 1 aromatic heterocycles. The summed E-state index contributed by atoms with van der Waals surface area (Å²) < 4.78 is 2.26. The molecule has 112 valence electrons. The highest BCUT2D eigenvalue weighted by molar-refractivity contribution is 9.09. The first-order chi connectivity index (χ1) is 9.83. The van der Waals surface area contributed by atoms with Crippen LogP contribution in [0.2, 0.25) is 0 Å². The lowest BCUT2D eigenvalue weighted by Crippen LogP contribution is -2.17. The summed E-state index contributed by atoms with van der Waals surface area (Å²) >= 11 is 3.91. The molecule has 0 radical (unpaired) electrons. The van der Waals surface area contributed by atoms with E-state index in [2.05, 4.69) is 32.9 Å². The molecule has 0 spiro atoms. The Balaban J connectivity index is 1.61. The molecule has 3 heteroatoms. The number of rotatable bonds is 3. The third-order valence-electron chi connectivity index (χ3n) is 5.15. The van der Waals surface area contributed by atoms with Crippen molar-refractivity contribution in [2.75, 3.05) is 0 Å². The van der Waals surface area contributed by atoms with Gasteiger partial charge in [-0.25, -0.2) is 0 Å². The van der Waals surface area contributed by atoms with Gasteiger partial charge in [0.25, 0.3) is 0 Å². The first-order valence-corrected chi connectivity index (χ1v) is 9.42. The highest BCUT2D eigenvalue weighted by atomic mass is 79.9. The molecule has 2 nitrogen and oxygen atoms in total. The number of hydrogen-bond donors (Lipinski definition) is 0. The highest BCUT2D eigenvalue weighted by Crippen LogP contribution is 2.32. The average molecular weight is 339 g/mol. The molecule has 2 aliphatic rings. The molecule has 2 saturated carbocycles. The van der Waals surface area contributed by atoms with E-state index in [0.717, 1.165) is 12.3 Å². The van der Waals surface area contributed by atoms with Crippen LogP contribution in [0.3, 0.4) is 0 Å². The predicted molar refractivity (Wildman–Crippen MR) is 87.3 cm³/mol. The number of nitrogens with zero attached hydrogens (tertiary/aromatic N) is 2. The molecule has 20 heavy (non-hydrogen) atoms. The summed E-state index contributed by atoms with van der Waals surface area (Å²) in [6.07, 6.45) is 17.1. The average Bonchev–Trinajstić information content (AvgIpc) is 2.86. The fourth-order valence-electron chi connectivity index (χ4n) is 3.87.